The van der Waals surface area contributed by atoms with E-state index in [1.165, 1.54) is 19.3 Å². The smallest absolute Gasteiger partial charge is 0.173 e. The maximum absolute atomic E-state index is 6.28. The number of likely N-dealkylation sites (tertiary alicyclic amines) is 1. The Balaban J connectivity index is 1.68. The monoisotopic (exact) mass is 521 g/mol. The summed E-state index contributed by atoms with van der Waals surface area (Å²) in [6, 6.07) is 7.13. The van der Waals surface area contributed by atoms with E-state index < -0.39 is 0 Å². The topological polar surface area (TPSA) is 28.2 Å². The first-order valence-electron chi connectivity index (χ1n) is 9.70. The first kappa shape index (κ1) is 24.2. The largest absolute Gasteiger partial charge is 0.344 e. The van der Waals surface area contributed by atoms with Crippen LogP contribution in [0.25, 0.3) is 0 Å². The lowest BCUT2D eigenvalue weighted by molar-refractivity contribution is 0.194. The van der Waals surface area contributed by atoms with Gasteiger partial charge in [0.2, 0.25) is 0 Å². The van der Waals surface area contributed by atoms with Crippen molar-refractivity contribution in [1.29, 1.82) is 0 Å². The van der Waals surface area contributed by atoms with E-state index in [2.05, 4.69) is 48.1 Å². The summed E-state index contributed by atoms with van der Waals surface area (Å²) in [5.41, 5.74) is 2.73. The fourth-order valence-corrected chi connectivity index (χ4v) is 6.01. The van der Waals surface area contributed by atoms with Gasteiger partial charge in [0.15, 0.2) is 5.11 Å². The summed E-state index contributed by atoms with van der Waals surface area (Å²) in [4.78, 5) is 7.70. The maximum atomic E-state index is 6.28. The molecule has 30 heavy (non-hydrogen) atoms. The van der Waals surface area contributed by atoms with Crippen molar-refractivity contribution in [1.82, 2.24) is 9.88 Å². The molecule has 1 saturated heterocycles. The van der Waals surface area contributed by atoms with E-state index in [1.54, 1.807) is 11.8 Å². The molecule has 1 N–H and O–H groups in total. The number of hydrogen-bond donors (Lipinski definition) is 1. The van der Waals surface area contributed by atoms with Gasteiger partial charge in [-0.05, 0) is 76.0 Å². The summed E-state index contributed by atoms with van der Waals surface area (Å²) in [7, 11) is 0. The summed E-state index contributed by atoms with van der Waals surface area (Å²) < 4.78 is 0. The number of nitrogens with zero attached hydrogens (tertiary/aromatic N) is 2. The van der Waals surface area contributed by atoms with Gasteiger partial charge >= 0.3 is 0 Å². The number of thiocarbonyl (C=S) groups is 1. The Bertz CT molecular complexity index is 944. The van der Waals surface area contributed by atoms with Crippen molar-refractivity contribution in [2.45, 2.75) is 62.8 Å². The molecular formula is C21H23Cl4N3S2. The molecule has 1 fully saturated rings. The molecule has 0 aliphatic carbocycles. The lowest BCUT2D eigenvalue weighted by Gasteiger charge is -2.40. The van der Waals surface area contributed by atoms with Crippen LogP contribution in [-0.2, 0) is 5.75 Å². The SMILES string of the molecule is Cc1cc(NC(=S)N2C(C)CCCC2C)ccc1SCc1nc(Cl)c(Cl)c(Cl)c1Cl. The van der Waals surface area contributed by atoms with Crippen molar-refractivity contribution in [2.75, 3.05) is 5.32 Å². The van der Waals surface area contributed by atoms with E-state index in [0.717, 1.165) is 21.3 Å². The second-order valence-electron chi connectivity index (χ2n) is 7.53. The van der Waals surface area contributed by atoms with Gasteiger partial charge in [-0.1, -0.05) is 46.4 Å². The van der Waals surface area contributed by atoms with E-state index in [-0.39, 0.29) is 15.2 Å². The number of benzene rings is 1. The molecule has 0 amide bonds. The molecule has 9 heteroatoms. The van der Waals surface area contributed by atoms with Gasteiger partial charge in [0, 0.05) is 28.4 Å². The number of halogens is 4. The Morgan fingerprint density at radius 1 is 1.13 bits per heavy atom. The normalized spacial score (nSPS) is 19.1. The van der Waals surface area contributed by atoms with Gasteiger partial charge in [-0.3, -0.25) is 0 Å². The number of thioether (sulfide) groups is 1. The standard InChI is InChI=1S/C21H23Cl4N3S2/c1-11-9-14(26-21(29)28-12(2)5-4-6-13(28)3)7-8-16(11)30-10-15-17(22)18(23)19(24)20(25)27-15/h7-9,12-13H,4-6,10H2,1-3H3,(H,26,29). The molecule has 3 nitrogen and oxygen atoms in total. The third kappa shape index (κ3) is 5.48. The summed E-state index contributed by atoms with van der Waals surface area (Å²) in [5.74, 6) is 0.532. The van der Waals surface area contributed by atoms with Crippen LogP contribution < -0.4 is 5.32 Å². The number of rotatable bonds is 4. The fourth-order valence-electron chi connectivity index (χ4n) is 3.67. The molecule has 3 rings (SSSR count). The van der Waals surface area contributed by atoms with Crippen molar-refractivity contribution < 1.29 is 0 Å². The molecule has 1 aliphatic heterocycles. The highest BCUT2D eigenvalue weighted by atomic mass is 35.5. The van der Waals surface area contributed by atoms with Crippen LogP contribution in [0.15, 0.2) is 23.1 Å². The van der Waals surface area contributed by atoms with E-state index in [4.69, 9.17) is 58.6 Å². The van der Waals surface area contributed by atoms with Crippen LogP contribution in [0.3, 0.4) is 0 Å². The second-order valence-corrected chi connectivity index (χ2v) is 10.4. The summed E-state index contributed by atoms with van der Waals surface area (Å²) in [5, 5.41) is 5.11. The number of hydrogen-bond acceptors (Lipinski definition) is 3. The lowest BCUT2D eigenvalue weighted by atomic mass is 9.98. The number of piperidine rings is 1. The molecule has 0 bridgehead atoms. The van der Waals surface area contributed by atoms with E-state index in [9.17, 15) is 0 Å². The molecular weight excluding hydrogens is 500 g/mol. The number of aryl methyl sites for hydroxylation is 1. The molecule has 162 valence electrons. The van der Waals surface area contributed by atoms with Gasteiger partial charge in [-0.15, -0.1) is 11.8 Å². The molecule has 2 aromatic rings. The van der Waals surface area contributed by atoms with E-state index in [0.29, 0.717) is 28.6 Å². The number of nitrogens with one attached hydrogen (secondary N) is 1. The van der Waals surface area contributed by atoms with Gasteiger partial charge < -0.3 is 10.2 Å². The number of aromatic nitrogens is 1. The van der Waals surface area contributed by atoms with Crippen molar-refractivity contribution in [2.24, 2.45) is 0 Å². The zero-order valence-corrected chi connectivity index (χ0v) is 21.6. The predicted molar refractivity (Wildman–Crippen MR) is 136 cm³/mol. The highest BCUT2D eigenvalue weighted by molar-refractivity contribution is 7.98. The third-order valence-electron chi connectivity index (χ3n) is 5.27. The highest BCUT2D eigenvalue weighted by Gasteiger charge is 2.26. The zero-order chi connectivity index (χ0) is 22.0. The molecule has 0 radical (unpaired) electrons. The van der Waals surface area contributed by atoms with Crippen LogP contribution in [0.1, 0.15) is 44.4 Å². The average Bonchev–Trinajstić information content (AvgIpc) is 2.69. The van der Waals surface area contributed by atoms with Gasteiger partial charge in [-0.2, -0.15) is 0 Å². The van der Waals surface area contributed by atoms with Crippen LogP contribution in [0, 0.1) is 6.92 Å². The first-order valence-corrected chi connectivity index (χ1v) is 12.6. The molecule has 0 saturated carbocycles. The fraction of sp³-hybridized carbons (Fsp3) is 0.429. The zero-order valence-electron chi connectivity index (χ0n) is 16.9. The average molecular weight is 523 g/mol. The van der Waals surface area contributed by atoms with Gasteiger partial charge in [0.05, 0.1) is 20.8 Å². The van der Waals surface area contributed by atoms with Crippen molar-refractivity contribution in [3.63, 3.8) is 0 Å². The predicted octanol–water partition coefficient (Wildman–Crippen LogP) is 8.26. The second kappa shape index (κ2) is 10.5. The molecule has 2 unspecified atom stereocenters. The number of anilines is 1. The Hall–Kier alpha value is -0.430. The Morgan fingerprint density at radius 3 is 2.43 bits per heavy atom. The van der Waals surface area contributed by atoms with Crippen LogP contribution in [0.5, 0.6) is 0 Å². The van der Waals surface area contributed by atoms with Crippen LogP contribution in [0.2, 0.25) is 20.2 Å². The van der Waals surface area contributed by atoms with E-state index in [1.807, 2.05) is 6.07 Å². The molecule has 1 aromatic carbocycles. The summed E-state index contributed by atoms with van der Waals surface area (Å²) in [6.07, 6.45) is 3.61. The maximum Gasteiger partial charge on any atom is 0.173 e. The minimum absolute atomic E-state index is 0.160. The minimum Gasteiger partial charge on any atom is -0.344 e. The minimum atomic E-state index is 0.160. The molecule has 1 aromatic heterocycles. The third-order valence-corrected chi connectivity index (χ3v) is 8.49. The van der Waals surface area contributed by atoms with Crippen LogP contribution in [-0.4, -0.2) is 27.1 Å². The van der Waals surface area contributed by atoms with Crippen molar-refractivity contribution >= 4 is 81.2 Å². The Labute approximate surface area is 207 Å². The van der Waals surface area contributed by atoms with Crippen molar-refractivity contribution in [3.05, 3.63) is 49.7 Å². The lowest BCUT2D eigenvalue weighted by Crippen LogP contribution is -2.49. The van der Waals surface area contributed by atoms with Gasteiger partial charge in [0.25, 0.3) is 0 Å². The highest BCUT2D eigenvalue weighted by Crippen LogP contribution is 2.38. The molecule has 0 spiro atoms. The van der Waals surface area contributed by atoms with E-state index >= 15 is 0 Å². The number of pyridine rings is 1. The van der Waals surface area contributed by atoms with Crippen LogP contribution in [0.4, 0.5) is 5.69 Å². The first-order chi connectivity index (χ1) is 14.2. The summed E-state index contributed by atoms with van der Waals surface area (Å²) in [6.45, 7) is 6.55. The summed E-state index contributed by atoms with van der Waals surface area (Å²) >= 11 is 31.8. The molecule has 1 aliphatic rings. The van der Waals surface area contributed by atoms with Gasteiger partial charge in [-0.25, -0.2) is 4.98 Å². The molecule has 2 heterocycles. The van der Waals surface area contributed by atoms with Crippen LogP contribution >= 0.6 is 70.4 Å². The van der Waals surface area contributed by atoms with Crippen molar-refractivity contribution in [3.8, 4) is 0 Å². The Morgan fingerprint density at radius 2 is 1.80 bits per heavy atom. The Kier molecular flexibility index (Phi) is 8.44. The molecule has 2 atom stereocenters. The quantitative estimate of drug-likeness (QED) is 0.248. The van der Waals surface area contributed by atoms with Gasteiger partial charge in [0.1, 0.15) is 5.15 Å².